The lowest BCUT2D eigenvalue weighted by Crippen LogP contribution is -2.11. The summed E-state index contributed by atoms with van der Waals surface area (Å²) in [5, 5.41) is 7.27. The van der Waals surface area contributed by atoms with E-state index in [1.54, 1.807) is 31.0 Å². The summed E-state index contributed by atoms with van der Waals surface area (Å²) < 4.78 is 18.9. The van der Waals surface area contributed by atoms with Crippen LogP contribution < -0.4 is 10.5 Å². The molecule has 20 heavy (non-hydrogen) atoms. The number of amidine groups is 1. The zero-order valence-corrected chi connectivity index (χ0v) is 11.8. The van der Waals surface area contributed by atoms with Gasteiger partial charge in [0.25, 0.3) is 0 Å². The van der Waals surface area contributed by atoms with Crippen LogP contribution in [-0.2, 0) is 5.75 Å². The summed E-state index contributed by atoms with van der Waals surface area (Å²) in [6.07, 6.45) is 0. The molecule has 0 amide bonds. The largest absolute Gasteiger partial charge is 0.497 e. The molecular formula is C15H15FN2OS. The molecule has 2 aromatic carbocycles. The monoisotopic (exact) mass is 290 g/mol. The fourth-order valence-electron chi connectivity index (χ4n) is 1.66. The Morgan fingerprint density at radius 3 is 2.50 bits per heavy atom. The molecule has 0 aliphatic heterocycles. The third-order valence-corrected chi connectivity index (χ3v) is 3.88. The van der Waals surface area contributed by atoms with Gasteiger partial charge in [-0.25, -0.2) is 4.39 Å². The van der Waals surface area contributed by atoms with Crippen molar-refractivity contribution in [3.63, 3.8) is 0 Å². The van der Waals surface area contributed by atoms with Crippen LogP contribution in [0.1, 0.15) is 11.1 Å². The summed E-state index contributed by atoms with van der Waals surface area (Å²) in [7, 11) is 1.62. The number of nitrogens with one attached hydrogen (secondary N) is 1. The molecule has 2 rings (SSSR count). The average molecular weight is 290 g/mol. The Morgan fingerprint density at radius 1 is 1.25 bits per heavy atom. The Labute approximate surface area is 121 Å². The van der Waals surface area contributed by atoms with Gasteiger partial charge in [-0.1, -0.05) is 12.1 Å². The van der Waals surface area contributed by atoms with Gasteiger partial charge in [0, 0.05) is 16.2 Å². The van der Waals surface area contributed by atoms with E-state index in [1.165, 1.54) is 6.07 Å². The average Bonchev–Trinajstić information content (AvgIpc) is 2.46. The number of hydrogen-bond donors (Lipinski definition) is 2. The molecule has 0 heterocycles. The molecule has 0 saturated heterocycles. The van der Waals surface area contributed by atoms with Crippen molar-refractivity contribution >= 4 is 17.6 Å². The maximum absolute atomic E-state index is 13.8. The van der Waals surface area contributed by atoms with Crippen LogP contribution in [-0.4, -0.2) is 12.9 Å². The Hall–Kier alpha value is -2.01. The van der Waals surface area contributed by atoms with Crippen molar-refractivity contribution in [2.24, 2.45) is 5.73 Å². The highest BCUT2D eigenvalue weighted by Crippen LogP contribution is 2.26. The predicted molar refractivity (Wildman–Crippen MR) is 80.0 cm³/mol. The lowest BCUT2D eigenvalue weighted by molar-refractivity contribution is 0.414. The number of nitrogen functional groups attached to an aromatic ring is 1. The first-order valence-corrected chi connectivity index (χ1v) is 6.98. The van der Waals surface area contributed by atoms with E-state index in [4.69, 9.17) is 15.9 Å². The molecule has 3 nitrogen and oxygen atoms in total. The van der Waals surface area contributed by atoms with E-state index in [2.05, 4.69) is 0 Å². The molecule has 0 aliphatic carbocycles. The molecule has 0 atom stereocenters. The molecule has 5 heteroatoms. The molecule has 0 aliphatic rings. The molecule has 3 N–H and O–H groups in total. The first kappa shape index (κ1) is 14.4. The number of hydrogen-bond acceptors (Lipinski definition) is 3. The Kier molecular flexibility index (Phi) is 4.63. The Bertz CT molecular complexity index is 614. The zero-order chi connectivity index (χ0) is 14.5. The van der Waals surface area contributed by atoms with Crippen LogP contribution >= 0.6 is 11.8 Å². The second-order valence-corrected chi connectivity index (χ2v) is 5.23. The summed E-state index contributed by atoms with van der Waals surface area (Å²) in [4.78, 5) is 1.04. The van der Waals surface area contributed by atoms with Crippen molar-refractivity contribution < 1.29 is 9.13 Å². The van der Waals surface area contributed by atoms with E-state index in [0.29, 0.717) is 16.9 Å². The lowest BCUT2D eigenvalue weighted by Gasteiger charge is -2.06. The van der Waals surface area contributed by atoms with Gasteiger partial charge in [0.2, 0.25) is 0 Å². The lowest BCUT2D eigenvalue weighted by atomic mass is 10.1. The summed E-state index contributed by atoms with van der Waals surface area (Å²) in [6.45, 7) is 0. The maximum Gasteiger partial charge on any atom is 0.127 e. The molecule has 2 aromatic rings. The fraction of sp³-hybridized carbons (Fsp3) is 0.133. The minimum absolute atomic E-state index is 0.127. The van der Waals surface area contributed by atoms with Crippen molar-refractivity contribution in [1.82, 2.24) is 0 Å². The molecule has 0 spiro atoms. The number of methoxy groups -OCH3 is 1. The Morgan fingerprint density at radius 2 is 1.95 bits per heavy atom. The normalized spacial score (nSPS) is 10.3. The van der Waals surface area contributed by atoms with E-state index < -0.39 is 0 Å². The zero-order valence-electron chi connectivity index (χ0n) is 11.0. The van der Waals surface area contributed by atoms with Crippen molar-refractivity contribution in [1.29, 1.82) is 5.41 Å². The molecule has 0 saturated carbocycles. The maximum atomic E-state index is 13.8. The van der Waals surface area contributed by atoms with Crippen LogP contribution in [0.25, 0.3) is 0 Å². The minimum atomic E-state index is -0.335. The van der Waals surface area contributed by atoms with Crippen LogP contribution in [0.3, 0.4) is 0 Å². The van der Waals surface area contributed by atoms with Gasteiger partial charge in [0.15, 0.2) is 0 Å². The highest BCUT2D eigenvalue weighted by Gasteiger charge is 2.06. The van der Waals surface area contributed by atoms with Crippen molar-refractivity contribution in [3.8, 4) is 5.75 Å². The first-order valence-electron chi connectivity index (χ1n) is 6.00. The first-order chi connectivity index (χ1) is 9.60. The molecule has 0 bridgehead atoms. The molecule has 0 radical (unpaired) electrons. The quantitative estimate of drug-likeness (QED) is 0.504. The molecule has 0 unspecified atom stereocenters. The van der Waals surface area contributed by atoms with E-state index in [-0.39, 0.29) is 11.7 Å². The minimum Gasteiger partial charge on any atom is -0.497 e. The van der Waals surface area contributed by atoms with Gasteiger partial charge >= 0.3 is 0 Å². The summed E-state index contributed by atoms with van der Waals surface area (Å²) in [6, 6.07) is 12.2. The van der Waals surface area contributed by atoms with E-state index in [9.17, 15) is 4.39 Å². The van der Waals surface area contributed by atoms with E-state index in [0.717, 1.165) is 10.6 Å². The van der Waals surface area contributed by atoms with Crippen LogP contribution in [0.15, 0.2) is 47.4 Å². The standard InChI is InChI=1S/C15H15FN2OS/c1-19-12-4-6-13(7-5-12)20-9-11-3-2-10(15(17)18)8-14(11)16/h2-8H,9H2,1H3,(H3,17,18). The number of benzene rings is 2. The third-order valence-electron chi connectivity index (χ3n) is 2.82. The second-order valence-electron chi connectivity index (χ2n) is 4.18. The smallest absolute Gasteiger partial charge is 0.127 e. The molecule has 0 fully saturated rings. The highest BCUT2D eigenvalue weighted by atomic mass is 32.2. The number of nitrogens with two attached hydrogens (primary N) is 1. The van der Waals surface area contributed by atoms with Gasteiger partial charge in [-0.3, -0.25) is 5.41 Å². The number of thioether (sulfide) groups is 1. The van der Waals surface area contributed by atoms with Gasteiger partial charge < -0.3 is 10.5 Å². The van der Waals surface area contributed by atoms with Crippen molar-refractivity contribution in [3.05, 3.63) is 59.4 Å². The van der Waals surface area contributed by atoms with Crippen molar-refractivity contribution in [2.45, 2.75) is 10.6 Å². The van der Waals surface area contributed by atoms with E-state index >= 15 is 0 Å². The van der Waals surface area contributed by atoms with Gasteiger partial charge in [-0.2, -0.15) is 0 Å². The number of rotatable bonds is 5. The van der Waals surface area contributed by atoms with Gasteiger partial charge in [0.1, 0.15) is 17.4 Å². The third kappa shape index (κ3) is 3.51. The van der Waals surface area contributed by atoms with Crippen molar-refractivity contribution in [2.75, 3.05) is 7.11 Å². The van der Waals surface area contributed by atoms with Gasteiger partial charge in [0.05, 0.1) is 7.11 Å². The molecule has 0 aromatic heterocycles. The summed E-state index contributed by atoms with van der Waals surface area (Å²) in [5.41, 5.74) is 6.32. The van der Waals surface area contributed by atoms with Crippen LogP contribution in [0.2, 0.25) is 0 Å². The Balaban J connectivity index is 2.04. The van der Waals surface area contributed by atoms with Crippen LogP contribution in [0, 0.1) is 11.2 Å². The van der Waals surface area contributed by atoms with Gasteiger partial charge in [-0.05, 0) is 35.9 Å². The molecular weight excluding hydrogens is 275 g/mol. The molecule has 104 valence electrons. The van der Waals surface area contributed by atoms with Crippen LogP contribution in [0.4, 0.5) is 4.39 Å². The predicted octanol–water partition coefficient (Wildman–Crippen LogP) is 3.41. The summed E-state index contributed by atoms with van der Waals surface area (Å²) in [5.74, 6) is 0.861. The van der Waals surface area contributed by atoms with Crippen LogP contribution in [0.5, 0.6) is 5.75 Å². The highest BCUT2D eigenvalue weighted by molar-refractivity contribution is 7.98. The SMILES string of the molecule is COc1ccc(SCc2ccc(C(=N)N)cc2F)cc1. The second kappa shape index (κ2) is 6.43. The number of ether oxygens (including phenoxy) is 1. The fourth-order valence-corrected chi connectivity index (χ4v) is 2.55. The van der Waals surface area contributed by atoms with Gasteiger partial charge in [-0.15, -0.1) is 11.8 Å². The topological polar surface area (TPSA) is 59.1 Å². The summed E-state index contributed by atoms with van der Waals surface area (Å²) >= 11 is 1.54. The number of halogens is 1. The van der Waals surface area contributed by atoms with E-state index in [1.807, 2.05) is 24.3 Å².